The van der Waals surface area contributed by atoms with Crippen molar-refractivity contribution in [3.8, 4) is 0 Å². The van der Waals surface area contributed by atoms with Crippen LogP contribution in [-0.4, -0.2) is 20.5 Å². The van der Waals surface area contributed by atoms with E-state index in [1.165, 1.54) is 13.8 Å². The molecule has 0 amide bonds. The predicted octanol–water partition coefficient (Wildman–Crippen LogP) is 2.46. The van der Waals surface area contributed by atoms with Gasteiger partial charge in [0.2, 0.25) is 0 Å². The second-order valence-electron chi connectivity index (χ2n) is 3.63. The first kappa shape index (κ1) is 14.8. The summed E-state index contributed by atoms with van der Waals surface area (Å²) in [6.45, 7) is 2.96. The van der Waals surface area contributed by atoms with Gasteiger partial charge in [0, 0.05) is 10.7 Å². The van der Waals surface area contributed by atoms with Gasteiger partial charge in [0.05, 0.1) is 6.10 Å². The van der Waals surface area contributed by atoms with Crippen LogP contribution < -0.4 is 0 Å². The average Bonchev–Trinajstić information content (AvgIpc) is 2.13. The van der Waals surface area contributed by atoms with E-state index in [4.69, 9.17) is 10.7 Å². The highest BCUT2D eigenvalue weighted by molar-refractivity contribution is 8.13. The molecule has 0 bridgehead atoms. The summed E-state index contributed by atoms with van der Waals surface area (Å²) < 4.78 is 53.7. The maximum atomic E-state index is 13.7. The first-order valence-electron chi connectivity index (χ1n) is 4.78. The standard InChI is InChI=1S/C10H9ClF2O4S/c1-5(2)17-10(14)8-6(12)3-4-7(9(8)13)18(11,15)16/h3-5H,1-2H3. The molecule has 0 radical (unpaired) electrons. The molecule has 0 aromatic heterocycles. The molecule has 18 heavy (non-hydrogen) atoms. The molecule has 100 valence electrons. The molecule has 0 unspecified atom stereocenters. The highest BCUT2D eigenvalue weighted by atomic mass is 35.7. The third-order valence-electron chi connectivity index (χ3n) is 1.87. The van der Waals surface area contributed by atoms with Crippen LogP contribution in [-0.2, 0) is 13.8 Å². The molecule has 0 saturated heterocycles. The molecule has 0 N–H and O–H groups in total. The number of benzene rings is 1. The van der Waals surface area contributed by atoms with Crippen molar-refractivity contribution in [2.45, 2.75) is 24.8 Å². The van der Waals surface area contributed by atoms with Gasteiger partial charge in [-0.15, -0.1) is 0 Å². The van der Waals surface area contributed by atoms with Crippen LogP contribution in [0.5, 0.6) is 0 Å². The first-order valence-corrected chi connectivity index (χ1v) is 7.09. The number of hydrogen-bond acceptors (Lipinski definition) is 4. The van der Waals surface area contributed by atoms with E-state index >= 15 is 0 Å². The fraction of sp³-hybridized carbons (Fsp3) is 0.300. The van der Waals surface area contributed by atoms with E-state index in [2.05, 4.69) is 4.74 Å². The Morgan fingerprint density at radius 2 is 1.89 bits per heavy atom. The first-order chi connectivity index (χ1) is 8.14. The number of ether oxygens (including phenoxy) is 1. The van der Waals surface area contributed by atoms with Crippen molar-refractivity contribution in [3.63, 3.8) is 0 Å². The molecule has 0 atom stereocenters. The molecule has 0 aliphatic heterocycles. The number of carbonyl (C=O) groups excluding carboxylic acids is 1. The maximum Gasteiger partial charge on any atom is 0.344 e. The Labute approximate surface area is 107 Å². The molecule has 0 fully saturated rings. The van der Waals surface area contributed by atoms with Gasteiger partial charge in [-0.3, -0.25) is 0 Å². The summed E-state index contributed by atoms with van der Waals surface area (Å²) >= 11 is 0. The lowest BCUT2D eigenvalue weighted by Gasteiger charge is -2.10. The second-order valence-corrected chi connectivity index (χ2v) is 6.16. The van der Waals surface area contributed by atoms with Crippen molar-refractivity contribution < 1.29 is 26.7 Å². The molecule has 8 heteroatoms. The van der Waals surface area contributed by atoms with Crippen molar-refractivity contribution >= 4 is 25.7 Å². The fourth-order valence-corrected chi connectivity index (χ4v) is 2.09. The normalized spacial score (nSPS) is 11.7. The number of hydrogen-bond donors (Lipinski definition) is 0. The molecular weight excluding hydrogens is 290 g/mol. The quantitative estimate of drug-likeness (QED) is 0.635. The summed E-state index contributed by atoms with van der Waals surface area (Å²) in [5, 5.41) is 0. The van der Waals surface area contributed by atoms with Crippen LogP contribution in [0, 0.1) is 11.6 Å². The minimum absolute atomic E-state index is 0.604. The lowest BCUT2D eigenvalue weighted by atomic mass is 10.2. The zero-order valence-electron chi connectivity index (χ0n) is 9.41. The zero-order chi connectivity index (χ0) is 14.1. The van der Waals surface area contributed by atoms with Gasteiger partial charge in [-0.1, -0.05) is 0 Å². The Morgan fingerprint density at radius 1 is 1.33 bits per heavy atom. The summed E-state index contributed by atoms with van der Waals surface area (Å²) in [5.41, 5.74) is -1.08. The van der Waals surface area contributed by atoms with Crippen LogP contribution in [0.25, 0.3) is 0 Å². The van der Waals surface area contributed by atoms with Crippen LogP contribution in [0.1, 0.15) is 24.2 Å². The van der Waals surface area contributed by atoms with E-state index in [9.17, 15) is 22.0 Å². The van der Waals surface area contributed by atoms with Crippen molar-refractivity contribution in [2.75, 3.05) is 0 Å². The number of halogens is 3. The topological polar surface area (TPSA) is 60.4 Å². The number of esters is 1. The molecule has 1 rings (SSSR count). The highest BCUT2D eigenvalue weighted by Crippen LogP contribution is 2.24. The molecule has 0 heterocycles. The minimum atomic E-state index is -4.41. The van der Waals surface area contributed by atoms with Crippen LogP contribution in [0.4, 0.5) is 8.78 Å². The van der Waals surface area contributed by atoms with E-state index in [0.29, 0.717) is 12.1 Å². The Balaban J connectivity index is 3.41. The van der Waals surface area contributed by atoms with Crippen molar-refractivity contribution in [2.24, 2.45) is 0 Å². The average molecular weight is 299 g/mol. The third kappa shape index (κ3) is 3.17. The lowest BCUT2D eigenvalue weighted by Crippen LogP contribution is -2.16. The Hall–Kier alpha value is -1.21. The van der Waals surface area contributed by atoms with Gasteiger partial charge in [-0.05, 0) is 26.0 Å². The van der Waals surface area contributed by atoms with Gasteiger partial charge in [0.15, 0.2) is 5.82 Å². The van der Waals surface area contributed by atoms with Gasteiger partial charge in [-0.2, -0.15) is 0 Å². The number of carbonyl (C=O) groups is 1. The second kappa shape index (κ2) is 5.19. The SMILES string of the molecule is CC(C)OC(=O)c1c(F)ccc(S(=O)(=O)Cl)c1F. The lowest BCUT2D eigenvalue weighted by molar-refractivity contribution is 0.0366. The molecular formula is C10H9ClF2O4S. The van der Waals surface area contributed by atoms with Crippen LogP contribution in [0.2, 0.25) is 0 Å². The Morgan fingerprint density at radius 3 is 2.33 bits per heavy atom. The molecule has 1 aromatic carbocycles. The molecule has 1 aromatic rings. The maximum absolute atomic E-state index is 13.7. The van der Waals surface area contributed by atoms with E-state index < -0.39 is 43.2 Å². The van der Waals surface area contributed by atoms with E-state index in [-0.39, 0.29) is 0 Å². The van der Waals surface area contributed by atoms with Crippen molar-refractivity contribution in [3.05, 3.63) is 29.3 Å². The van der Waals surface area contributed by atoms with Crippen molar-refractivity contribution in [1.29, 1.82) is 0 Å². The molecule has 0 saturated carbocycles. The third-order valence-corrected chi connectivity index (χ3v) is 3.20. The number of rotatable bonds is 3. The molecule has 4 nitrogen and oxygen atoms in total. The van der Waals surface area contributed by atoms with Crippen LogP contribution in [0.3, 0.4) is 0 Å². The van der Waals surface area contributed by atoms with E-state index in [0.717, 1.165) is 0 Å². The largest absolute Gasteiger partial charge is 0.459 e. The highest BCUT2D eigenvalue weighted by Gasteiger charge is 2.27. The van der Waals surface area contributed by atoms with Gasteiger partial charge in [-0.25, -0.2) is 22.0 Å². The summed E-state index contributed by atoms with van der Waals surface area (Å²) in [6.07, 6.45) is -0.604. The monoisotopic (exact) mass is 298 g/mol. The summed E-state index contributed by atoms with van der Waals surface area (Å²) in [5.74, 6) is -4.07. The predicted molar refractivity (Wildman–Crippen MR) is 59.9 cm³/mol. The fourth-order valence-electron chi connectivity index (χ4n) is 1.18. The molecule has 0 aliphatic rings. The smallest absolute Gasteiger partial charge is 0.344 e. The Kier molecular flexibility index (Phi) is 4.28. The summed E-state index contributed by atoms with van der Waals surface area (Å²) in [7, 11) is 0.544. The zero-order valence-corrected chi connectivity index (χ0v) is 11.0. The van der Waals surface area contributed by atoms with Crippen LogP contribution >= 0.6 is 10.7 Å². The van der Waals surface area contributed by atoms with Crippen LogP contribution in [0.15, 0.2) is 17.0 Å². The van der Waals surface area contributed by atoms with E-state index in [1.54, 1.807) is 0 Å². The Bertz CT molecular complexity index is 584. The van der Waals surface area contributed by atoms with Gasteiger partial charge in [0.25, 0.3) is 9.05 Å². The van der Waals surface area contributed by atoms with E-state index in [1.807, 2.05) is 0 Å². The summed E-state index contributed by atoms with van der Waals surface area (Å²) in [4.78, 5) is 10.5. The van der Waals surface area contributed by atoms with Gasteiger partial charge in [0.1, 0.15) is 16.3 Å². The van der Waals surface area contributed by atoms with Crippen molar-refractivity contribution in [1.82, 2.24) is 0 Å². The molecule has 0 spiro atoms. The van der Waals surface area contributed by atoms with Gasteiger partial charge < -0.3 is 4.74 Å². The minimum Gasteiger partial charge on any atom is -0.459 e. The molecule has 0 aliphatic carbocycles. The summed E-state index contributed by atoms with van der Waals surface area (Å²) in [6, 6.07) is 1.27. The van der Waals surface area contributed by atoms with Gasteiger partial charge >= 0.3 is 5.97 Å².